The summed E-state index contributed by atoms with van der Waals surface area (Å²) in [6.45, 7) is 6.01. The van der Waals surface area contributed by atoms with Gasteiger partial charge in [-0.1, -0.05) is 20.8 Å². The van der Waals surface area contributed by atoms with E-state index in [1.807, 2.05) is 20.8 Å². The zero-order valence-electron chi connectivity index (χ0n) is 11.2. The largest absolute Gasteiger partial charge is 0.394 e. The molecule has 4 N–H and O–H groups in total. The first-order chi connectivity index (χ1) is 8.51. The van der Waals surface area contributed by atoms with Crippen molar-refractivity contribution >= 4 is 0 Å². The second-order valence-electron chi connectivity index (χ2n) is 4.92. The van der Waals surface area contributed by atoms with E-state index < -0.39 is 30.6 Å². The smallest absolute Gasteiger partial charge is 0.175 e. The van der Waals surface area contributed by atoms with Gasteiger partial charge in [0.1, 0.15) is 18.3 Å². The van der Waals surface area contributed by atoms with Gasteiger partial charge in [0.15, 0.2) is 6.29 Å². The van der Waals surface area contributed by atoms with E-state index >= 15 is 0 Å². The summed E-state index contributed by atoms with van der Waals surface area (Å²) in [5.41, 5.74) is 0. The van der Waals surface area contributed by atoms with Crippen molar-refractivity contribution in [1.82, 2.24) is 5.32 Å². The fourth-order valence-corrected chi connectivity index (χ4v) is 2.02. The molecule has 6 nitrogen and oxygen atoms in total. The van der Waals surface area contributed by atoms with E-state index in [0.717, 1.165) is 6.42 Å². The van der Waals surface area contributed by atoms with Crippen molar-refractivity contribution < 1.29 is 24.8 Å². The standard InChI is InChI=1S/C12H25NO5/c1-4-5-17-12-9(13-7(2)3)11(16)10(15)8(6-14)18-12/h7-16H,4-6H2,1-3H3/t8-,9-,10-,11-,12-/m1/s1. The normalized spacial score (nSPS) is 37.2. The van der Waals surface area contributed by atoms with Gasteiger partial charge in [0, 0.05) is 12.6 Å². The Balaban J connectivity index is 2.73. The van der Waals surface area contributed by atoms with Crippen LogP contribution in [0.15, 0.2) is 0 Å². The molecular formula is C12H25NO5. The molecule has 1 aliphatic rings. The van der Waals surface area contributed by atoms with Crippen molar-refractivity contribution in [3.8, 4) is 0 Å². The molecule has 0 bridgehead atoms. The highest BCUT2D eigenvalue weighted by Gasteiger charge is 2.44. The lowest BCUT2D eigenvalue weighted by Crippen LogP contribution is -2.64. The fourth-order valence-electron chi connectivity index (χ4n) is 2.02. The van der Waals surface area contributed by atoms with Crippen LogP contribution in [0.3, 0.4) is 0 Å². The summed E-state index contributed by atoms with van der Waals surface area (Å²) in [7, 11) is 0. The number of hydrogen-bond acceptors (Lipinski definition) is 6. The first-order valence-corrected chi connectivity index (χ1v) is 6.51. The number of aliphatic hydroxyl groups is 3. The Hall–Kier alpha value is -0.240. The molecule has 18 heavy (non-hydrogen) atoms. The zero-order chi connectivity index (χ0) is 13.7. The van der Waals surface area contributed by atoms with Gasteiger partial charge in [-0.05, 0) is 6.42 Å². The van der Waals surface area contributed by atoms with Gasteiger partial charge >= 0.3 is 0 Å². The molecule has 0 saturated carbocycles. The fraction of sp³-hybridized carbons (Fsp3) is 1.00. The Morgan fingerprint density at radius 3 is 2.44 bits per heavy atom. The van der Waals surface area contributed by atoms with Crippen molar-refractivity contribution in [3.63, 3.8) is 0 Å². The molecule has 6 heteroatoms. The van der Waals surface area contributed by atoms with Gasteiger partial charge in [-0.2, -0.15) is 0 Å². The minimum atomic E-state index is -1.12. The van der Waals surface area contributed by atoms with Gasteiger partial charge in [-0.25, -0.2) is 0 Å². The average molecular weight is 263 g/mol. The topological polar surface area (TPSA) is 91.2 Å². The number of nitrogens with one attached hydrogen (secondary N) is 1. The molecule has 0 aromatic rings. The molecule has 5 atom stereocenters. The lowest BCUT2D eigenvalue weighted by atomic mass is 9.96. The molecule has 0 unspecified atom stereocenters. The predicted molar refractivity (Wildman–Crippen MR) is 66.1 cm³/mol. The third-order valence-corrected chi connectivity index (χ3v) is 2.89. The van der Waals surface area contributed by atoms with Gasteiger partial charge < -0.3 is 30.1 Å². The molecule has 0 spiro atoms. The van der Waals surface area contributed by atoms with Gasteiger partial charge in [-0.15, -0.1) is 0 Å². The molecule has 1 heterocycles. The second kappa shape index (κ2) is 7.37. The van der Waals surface area contributed by atoms with E-state index in [-0.39, 0.29) is 12.6 Å². The minimum Gasteiger partial charge on any atom is -0.394 e. The van der Waals surface area contributed by atoms with Crippen LogP contribution < -0.4 is 5.32 Å². The highest BCUT2D eigenvalue weighted by atomic mass is 16.7. The van der Waals surface area contributed by atoms with Crippen molar-refractivity contribution in [2.24, 2.45) is 0 Å². The van der Waals surface area contributed by atoms with Gasteiger partial charge in [0.25, 0.3) is 0 Å². The Morgan fingerprint density at radius 2 is 1.94 bits per heavy atom. The van der Waals surface area contributed by atoms with Gasteiger partial charge in [-0.3, -0.25) is 0 Å². The summed E-state index contributed by atoms with van der Waals surface area (Å²) in [5, 5.41) is 32.1. The maximum absolute atomic E-state index is 10.1. The molecule has 1 rings (SSSR count). The van der Waals surface area contributed by atoms with Crippen LogP contribution in [0.5, 0.6) is 0 Å². The molecule has 108 valence electrons. The summed E-state index contributed by atoms with van der Waals surface area (Å²) >= 11 is 0. The molecule has 0 aromatic carbocycles. The Morgan fingerprint density at radius 1 is 1.28 bits per heavy atom. The van der Waals surface area contributed by atoms with Crippen LogP contribution in [-0.2, 0) is 9.47 Å². The summed E-state index contributed by atoms with van der Waals surface area (Å²) in [4.78, 5) is 0. The lowest BCUT2D eigenvalue weighted by molar-refractivity contribution is -0.271. The maximum Gasteiger partial charge on any atom is 0.175 e. The Kier molecular flexibility index (Phi) is 6.48. The number of aliphatic hydroxyl groups excluding tert-OH is 3. The van der Waals surface area contributed by atoms with E-state index in [2.05, 4.69) is 5.32 Å². The average Bonchev–Trinajstić information content (AvgIpc) is 2.33. The van der Waals surface area contributed by atoms with Crippen molar-refractivity contribution in [2.75, 3.05) is 13.2 Å². The third kappa shape index (κ3) is 3.88. The molecule has 0 aliphatic carbocycles. The first-order valence-electron chi connectivity index (χ1n) is 6.51. The lowest BCUT2D eigenvalue weighted by Gasteiger charge is -2.43. The van der Waals surface area contributed by atoms with Gasteiger partial charge in [0.05, 0.1) is 12.6 Å². The van der Waals surface area contributed by atoms with Crippen LogP contribution >= 0.6 is 0 Å². The van der Waals surface area contributed by atoms with Crippen molar-refractivity contribution in [1.29, 1.82) is 0 Å². The van der Waals surface area contributed by atoms with Crippen LogP contribution in [0.25, 0.3) is 0 Å². The summed E-state index contributed by atoms with van der Waals surface area (Å²) < 4.78 is 11.0. The SMILES string of the molecule is CCCO[C@@H]1O[C@H](CO)[C@@H](O)[C@H](O)[C@H]1NC(C)C. The Labute approximate surface area is 108 Å². The molecule has 0 amide bonds. The van der Waals surface area contributed by atoms with E-state index in [1.54, 1.807) is 0 Å². The molecule has 1 fully saturated rings. The number of ether oxygens (including phenoxy) is 2. The van der Waals surface area contributed by atoms with Crippen LogP contribution in [0.4, 0.5) is 0 Å². The van der Waals surface area contributed by atoms with E-state index in [1.165, 1.54) is 0 Å². The summed E-state index contributed by atoms with van der Waals surface area (Å²) in [6.07, 6.45) is -2.79. The van der Waals surface area contributed by atoms with Gasteiger partial charge in [0.2, 0.25) is 0 Å². The zero-order valence-corrected chi connectivity index (χ0v) is 11.2. The van der Waals surface area contributed by atoms with E-state index in [4.69, 9.17) is 14.6 Å². The molecular weight excluding hydrogens is 238 g/mol. The summed E-state index contributed by atoms with van der Waals surface area (Å²) in [6, 6.07) is -0.381. The molecule has 0 radical (unpaired) electrons. The first kappa shape index (κ1) is 15.8. The molecule has 1 aliphatic heterocycles. The monoisotopic (exact) mass is 263 g/mol. The number of hydrogen-bond donors (Lipinski definition) is 4. The van der Waals surface area contributed by atoms with Crippen molar-refractivity contribution in [3.05, 3.63) is 0 Å². The summed E-state index contributed by atoms with van der Waals surface area (Å²) in [5.74, 6) is 0. The van der Waals surface area contributed by atoms with Crippen LogP contribution in [0.1, 0.15) is 27.2 Å². The predicted octanol–water partition coefficient (Wildman–Crippen LogP) is -0.781. The van der Waals surface area contributed by atoms with Crippen molar-refractivity contribution in [2.45, 2.75) is 63.9 Å². The quantitative estimate of drug-likeness (QED) is 0.502. The molecule has 1 saturated heterocycles. The number of rotatable bonds is 6. The van der Waals surface area contributed by atoms with E-state index in [0.29, 0.717) is 6.61 Å². The third-order valence-electron chi connectivity index (χ3n) is 2.89. The van der Waals surface area contributed by atoms with Crippen LogP contribution in [-0.4, -0.2) is 65.2 Å². The highest BCUT2D eigenvalue weighted by molar-refractivity contribution is 4.93. The minimum absolute atomic E-state index is 0.124. The molecule has 0 aromatic heterocycles. The second-order valence-corrected chi connectivity index (χ2v) is 4.92. The van der Waals surface area contributed by atoms with E-state index in [9.17, 15) is 10.2 Å². The highest BCUT2D eigenvalue weighted by Crippen LogP contribution is 2.22. The maximum atomic E-state index is 10.1. The van der Waals surface area contributed by atoms with Crippen LogP contribution in [0.2, 0.25) is 0 Å². The van der Waals surface area contributed by atoms with Crippen LogP contribution in [0, 0.1) is 0 Å². The Bertz CT molecular complexity index is 239.